The molecule has 0 spiro atoms. The van der Waals surface area contributed by atoms with Crippen LogP contribution < -0.4 is 20.3 Å². The molecule has 2 heterocycles. The Morgan fingerprint density at radius 1 is 0.393 bits per heavy atom. The van der Waals surface area contributed by atoms with Gasteiger partial charge in [-0.1, -0.05) is 24.3 Å². The lowest BCUT2D eigenvalue weighted by molar-refractivity contribution is -0.0843. The minimum atomic E-state index is -0.951. The molecule has 4 aromatic carbocycles. The second-order valence-corrected chi connectivity index (χ2v) is 24.2. The largest absolute Gasteiger partial charge is 0.491 e. The molecule has 496 valence electrons. The highest BCUT2D eigenvalue weighted by Crippen LogP contribution is 2.32. The van der Waals surface area contributed by atoms with Gasteiger partial charge in [-0.25, -0.2) is 0 Å². The van der Waals surface area contributed by atoms with Gasteiger partial charge >= 0.3 is 0 Å². The summed E-state index contributed by atoms with van der Waals surface area (Å²) in [6.07, 6.45) is -3.45. The van der Waals surface area contributed by atoms with Crippen molar-refractivity contribution in [1.29, 1.82) is 0 Å². The van der Waals surface area contributed by atoms with E-state index in [1.807, 2.05) is 117 Å². The molecule has 0 aliphatic heterocycles. The number of aliphatic hydroxyl groups excluding tert-OH is 4. The highest BCUT2D eigenvalue weighted by Gasteiger charge is 2.22. The number of benzene rings is 4. The van der Waals surface area contributed by atoms with Crippen LogP contribution in [0.2, 0.25) is 0 Å². The number of ether oxygens (including phenoxy) is 12. The van der Waals surface area contributed by atoms with Crippen molar-refractivity contribution in [2.75, 3.05) is 219 Å². The Hall–Kier alpha value is -4.46. The molecule has 0 bridgehead atoms. The van der Waals surface area contributed by atoms with E-state index in [1.165, 1.54) is 0 Å². The number of likely N-dealkylation sites (N-methyl/N-ethyl adjacent to an activating group) is 2. The van der Waals surface area contributed by atoms with E-state index in [4.69, 9.17) is 56.8 Å². The van der Waals surface area contributed by atoms with Crippen molar-refractivity contribution in [3.05, 3.63) is 104 Å². The molecule has 0 fully saturated rings. The molecule has 0 aliphatic rings. The third kappa shape index (κ3) is 27.3. The van der Waals surface area contributed by atoms with Crippen LogP contribution in [0.5, 0.6) is 11.5 Å². The van der Waals surface area contributed by atoms with Crippen molar-refractivity contribution >= 4 is 63.0 Å². The molecule has 0 saturated carbocycles. The van der Waals surface area contributed by atoms with Gasteiger partial charge in [0.15, 0.2) is 10.9 Å². The molecule has 0 aliphatic carbocycles. The van der Waals surface area contributed by atoms with Gasteiger partial charge in [0.05, 0.1) is 138 Å². The normalized spacial score (nSPS) is 13.6. The van der Waals surface area contributed by atoms with Gasteiger partial charge in [0.1, 0.15) is 43.1 Å². The molecule has 4 unspecified atom stereocenters. The maximum Gasteiger partial charge on any atom is 0.196 e. The quantitative estimate of drug-likeness (QED) is 0.0233. The number of hydrogen-bond donors (Lipinski definition) is 4. The zero-order valence-corrected chi connectivity index (χ0v) is 54.5. The van der Waals surface area contributed by atoms with Crippen LogP contribution in [0.4, 0.5) is 0 Å². The summed E-state index contributed by atoms with van der Waals surface area (Å²) >= 11 is 3.16. The summed E-state index contributed by atoms with van der Waals surface area (Å²) in [5.74, 6) is 1.04. The van der Waals surface area contributed by atoms with Crippen molar-refractivity contribution in [1.82, 2.24) is 19.6 Å². The van der Waals surface area contributed by atoms with Crippen LogP contribution in [0.1, 0.15) is 11.1 Å². The van der Waals surface area contributed by atoms with Gasteiger partial charge in [0, 0.05) is 86.2 Å². The van der Waals surface area contributed by atoms with Gasteiger partial charge in [-0.15, -0.1) is 22.7 Å². The number of aliphatic hydroxyl groups is 4. The first-order valence-electron chi connectivity index (χ1n) is 30.6. The third-order valence-electron chi connectivity index (χ3n) is 14.0. The molecule has 24 heteroatoms. The Morgan fingerprint density at radius 2 is 0.730 bits per heavy atom. The summed E-state index contributed by atoms with van der Waals surface area (Å²) in [6.45, 7) is 14.6. The van der Waals surface area contributed by atoms with Crippen LogP contribution in [0.25, 0.3) is 40.3 Å². The standard InChI is InChI=1S/C65H96N4O18S2/c1-48-37-53(39-57-62(74)55-11-7-9-13-59(55)88-64(48)57)86-45-51(71)42-68(17-15-66(3)4)41-50(70)44-84-35-33-82-31-29-80-27-25-78-23-21-76-19-20-77-22-24-79-26-28-81-30-32-83-34-36-85-47-61(73)69(18-16-67(5)6)43-52(72)46-87-54-38-49(2)65-58(40-54)63(75)56-12-8-10-14-60(56)89-65/h7-14,37-40,50-52,61,70-73H,15-36,41-47H2,1-6H3. The van der Waals surface area contributed by atoms with Gasteiger partial charge in [-0.3, -0.25) is 19.4 Å². The number of nitrogens with zero attached hydrogens (tertiary/aromatic N) is 4. The first kappa shape index (κ1) is 73.6. The second-order valence-electron chi connectivity index (χ2n) is 22.1. The minimum absolute atomic E-state index is 0.0140. The first-order valence-corrected chi connectivity index (χ1v) is 32.2. The highest BCUT2D eigenvalue weighted by atomic mass is 32.1. The summed E-state index contributed by atoms with van der Waals surface area (Å²) in [7, 11) is 7.84. The van der Waals surface area contributed by atoms with Crippen LogP contribution in [-0.4, -0.2) is 284 Å². The van der Waals surface area contributed by atoms with Crippen LogP contribution in [-0.2, 0) is 47.4 Å². The lowest BCUT2D eigenvalue weighted by atomic mass is 10.1. The van der Waals surface area contributed by atoms with Gasteiger partial charge in [-0.2, -0.15) is 0 Å². The summed E-state index contributed by atoms with van der Waals surface area (Å²) in [6, 6.07) is 22.5. The lowest BCUT2D eigenvalue weighted by Gasteiger charge is -2.30. The maximum absolute atomic E-state index is 13.3. The number of aryl methyl sites for hydroxylation is 2. The first-order chi connectivity index (χ1) is 43.2. The average molecular weight is 1290 g/mol. The Balaban J connectivity index is 0.668. The molecular weight excluding hydrogens is 1190 g/mol. The van der Waals surface area contributed by atoms with Crippen LogP contribution >= 0.6 is 22.7 Å². The van der Waals surface area contributed by atoms with E-state index in [-0.39, 0.29) is 57.0 Å². The van der Waals surface area contributed by atoms with E-state index in [2.05, 4.69) is 0 Å². The lowest BCUT2D eigenvalue weighted by Crippen LogP contribution is -2.47. The Morgan fingerprint density at radius 3 is 1.12 bits per heavy atom. The van der Waals surface area contributed by atoms with Gasteiger partial charge in [0.25, 0.3) is 0 Å². The van der Waals surface area contributed by atoms with E-state index < -0.39 is 24.5 Å². The average Bonchev–Trinajstić information content (AvgIpc) is 1.60. The second kappa shape index (κ2) is 41.9. The van der Waals surface area contributed by atoms with Crippen molar-refractivity contribution in [3.8, 4) is 11.5 Å². The van der Waals surface area contributed by atoms with E-state index in [9.17, 15) is 30.0 Å². The van der Waals surface area contributed by atoms with E-state index >= 15 is 0 Å². The smallest absolute Gasteiger partial charge is 0.196 e. The Labute approximate surface area is 531 Å². The predicted octanol–water partition coefficient (Wildman–Crippen LogP) is 4.51. The SMILES string of the molecule is Cc1cc(OCC(O)CN(CCN(C)C)CC(O)COCCOCCOCCOCCOCCOCCOCCOCCOCCOCC(O)N(CCN(C)C)CC(O)COc2cc(C)c3sc4ccccc4c(=O)c3c2)cc2c(=O)c3ccccc3sc12. The van der Waals surface area contributed by atoms with E-state index in [0.29, 0.717) is 172 Å². The van der Waals surface area contributed by atoms with Gasteiger partial charge < -0.3 is 87.1 Å². The molecule has 2 aromatic heterocycles. The zero-order valence-electron chi connectivity index (χ0n) is 52.9. The fourth-order valence-corrected chi connectivity index (χ4v) is 11.6. The monoisotopic (exact) mass is 1280 g/mol. The van der Waals surface area contributed by atoms with Gasteiger partial charge in [-0.05, 0) is 102 Å². The molecule has 4 N–H and O–H groups in total. The highest BCUT2D eigenvalue weighted by molar-refractivity contribution is 7.25. The molecule has 6 aromatic rings. The van der Waals surface area contributed by atoms with Crippen molar-refractivity contribution in [2.24, 2.45) is 0 Å². The van der Waals surface area contributed by atoms with Crippen LogP contribution in [0.3, 0.4) is 0 Å². The summed E-state index contributed by atoms with van der Waals surface area (Å²) in [4.78, 5) is 34.3. The molecule has 0 amide bonds. The van der Waals surface area contributed by atoms with Gasteiger partial charge in [0.2, 0.25) is 0 Å². The molecule has 4 atom stereocenters. The number of rotatable bonds is 50. The summed E-state index contributed by atoms with van der Waals surface area (Å²) < 4.78 is 71.8. The Bertz CT molecular complexity index is 3060. The summed E-state index contributed by atoms with van der Waals surface area (Å²) in [5.41, 5.74) is 1.80. The molecule has 0 radical (unpaired) electrons. The molecule has 6 rings (SSSR count). The zero-order chi connectivity index (χ0) is 63.6. The molecule has 22 nitrogen and oxygen atoms in total. The summed E-state index contributed by atoms with van der Waals surface area (Å²) in [5, 5.41) is 46.3. The minimum Gasteiger partial charge on any atom is -0.491 e. The van der Waals surface area contributed by atoms with Crippen LogP contribution in [0, 0.1) is 13.8 Å². The fraction of sp³-hybridized carbons (Fsp3) is 0.600. The maximum atomic E-state index is 13.3. The number of hydrogen-bond acceptors (Lipinski definition) is 24. The molecule has 89 heavy (non-hydrogen) atoms. The predicted molar refractivity (Wildman–Crippen MR) is 349 cm³/mol. The topological polar surface area (TPSA) is 239 Å². The van der Waals surface area contributed by atoms with E-state index in [1.54, 1.807) is 39.7 Å². The van der Waals surface area contributed by atoms with Crippen molar-refractivity contribution < 1.29 is 77.3 Å². The Kier molecular flexibility index (Phi) is 34.6. The number of fused-ring (bicyclic) bond motifs is 4. The third-order valence-corrected chi connectivity index (χ3v) is 16.6. The van der Waals surface area contributed by atoms with Crippen molar-refractivity contribution in [2.45, 2.75) is 38.4 Å². The fourth-order valence-electron chi connectivity index (χ4n) is 9.34. The molecule has 0 saturated heterocycles. The van der Waals surface area contributed by atoms with Crippen LogP contribution in [0.15, 0.2) is 82.4 Å². The van der Waals surface area contributed by atoms with E-state index in [0.717, 1.165) is 36.5 Å². The molecular formula is C65H96N4O18S2. The van der Waals surface area contributed by atoms with Crippen molar-refractivity contribution in [3.63, 3.8) is 0 Å².